The van der Waals surface area contributed by atoms with E-state index in [0.717, 1.165) is 18.2 Å². The topological polar surface area (TPSA) is 171 Å². The van der Waals surface area contributed by atoms with Crippen LogP contribution in [0.4, 0.5) is 17.1 Å². The van der Waals surface area contributed by atoms with Gasteiger partial charge in [-0.25, -0.2) is 4.98 Å². The summed E-state index contributed by atoms with van der Waals surface area (Å²) in [4.78, 5) is 34.7. The van der Waals surface area contributed by atoms with Crippen molar-refractivity contribution in [2.75, 3.05) is 0 Å². The van der Waals surface area contributed by atoms with E-state index in [1.807, 2.05) is 0 Å². The highest BCUT2D eigenvalue weighted by atomic mass is 16.6. The Morgan fingerprint density at radius 1 is 0.731 bits per heavy atom. The minimum absolute atomic E-state index is 0.0187. The summed E-state index contributed by atoms with van der Waals surface area (Å²) in [7, 11) is 0. The fourth-order valence-electron chi connectivity index (χ4n) is 2.20. The van der Waals surface area contributed by atoms with Crippen LogP contribution in [0, 0.1) is 30.3 Å². The van der Waals surface area contributed by atoms with Crippen LogP contribution in [-0.4, -0.2) is 30.0 Å². The molecule has 1 heterocycles. The number of nitro groups is 3. The van der Waals surface area contributed by atoms with Crippen LogP contribution >= 0.6 is 0 Å². The third-order valence-corrected chi connectivity index (χ3v) is 3.42. The molecule has 0 spiro atoms. The number of hydrogen-bond acceptors (Lipinski definition) is 8. The molecule has 26 heavy (non-hydrogen) atoms. The molecular weight excluding hydrogens is 348 g/mol. The smallest absolute Gasteiger partial charge is 0.259 e. The minimum Gasteiger partial charge on any atom is -0.259 e. The van der Waals surface area contributed by atoms with Gasteiger partial charge in [-0.15, -0.1) is 0 Å². The van der Waals surface area contributed by atoms with Crippen molar-refractivity contribution < 1.29 is 14.8 Å². The Kier molecular flexibility index (Phi) is 4.06. The summed E-state index contributed by atoms with van der Waals surface area (Å²) in [6.45, 7) is 0. The highest BCUT2D eigenvalue weighted by molar-refractivity contribution is 5.67. The molecular formula is C14H8N6O6. The molecule has 0 saturated heterocycles. The number of benzene rings is 2. The number of nitro benzene ring substituents is 3. The number of hydrogen-bond donors (Lipinski definition) is 1. The first-order valence-corrected chi connectivity index (χ1v) is 6.96. The Morgan fingerprint density at radius 3 is 1.77 bits per heavy atom. The van der Waals surface area contributed by atoms with Crippen molar-refractivity contribution >= 4 is 17.1 Å². The van der Waals surface area contributed by atoms with E-state index in [1.54, 1.807) is 0 Å². The first-order chi connectivity index (χ1) is 12.3. The Bertz CT molecular complexity index is 996. The molecule has 130 valence electrons. The van der Waals surface area contributed by atoms with Crippen LogP contribution in [0.2, 0.25) is 0 Å². The van der Waals surface area contributed by atoms with Crippen LogP contribution in [0.15, 0.2) is 42.5 Å². The first-order valence-electron chi connectivity index (χ1n) is 6.96. The lowest BCUT2D eigenvalue weighted by Crippen LogP contribution is -1.94. The van der Waals surface area contributed by atoms with Crippen LogP contribution in [0.25, 0.3) is 22.8 Å². The van der Waals surface area contributed by atoms with Crippen molar-refractivity contribution in [3.63, 3.8) is 0 Å². The van der Waals surface area contributed by atoms with Gasteiger partial charge in [0, 0.05) is 35.4 Å². The van der Waals surface area contributed by atoms with Gasteiger partial charge in [-0.1, -0.05) is 0 Å². The van der Waals surface area contributed by atoms with Crippen molar-refractivity contribution in [1.82, 2.24) is 15.2 Å². The van der Waals surface area contributed by atoms with Crippen molar-refractivity contribution in [2.24, 2.45) is 0 Å². The predicted molar refractivity (Wildman–Crippen MR) is 87.2 cm³/mol. The molecule has 0 amide bonds. The SMILES string of the molecule is O=[N+]([O-])c1ccc(-c2nc(-c3cc([N+](=O)[O-])cc([N+](=O)[O-])c3)n[nH]2)cc1. The third kappa shape index (κ3) is 3.19. The minimum atomic E-state index is -0.750. The second-order valence-electron chi connectivity index (χ2n) is 5.06. The average Bonchev–Trinajstić information content (AvgIpc) is 3.11. The normalized spacial score (nSPS) is 10.5. The van der Waals surface area contributed by atoms with Crippen LogP contribution in [0.1, 0.15) is 0 Å². The monoisotopic (exact) mass is 356 g/mol. The number of nitrogens with zero attached hydrogens (tertiary/aromatic N) is 5. The number of aromatic nitrogens is 3. The maximum absolute atomic E-state index is 11.0. The summed E-state index contributed by atoms with van der Waals surface area (Å²) in [5, 5.41) is 39.1. The van der Waals surface area contributed by atoms with Gasteiger partial charge in [0.15, 0.2) is 11.6 Å². The molecule has 1 N–H and O–H groups in total. The molecule has 0 atom stereocenters. The van der Waals surface area contributed by atoms with Crippen LogP contribution in [0.3, 0.4) is 0 Å². The molecule has 0 radical (unpaired) electrons. The van der Waals surface area contributed by atoms with Gasteiger partial charge in [0.1, 0.15) is 0 Å². The number of rotatable bonds is 5. The predicted octanol–water partition coefficient (Wildman–Crippen LogP) is 2.86. The molecule has 12 nitrogen and oxygen atoms in total. The van der Waals surface area contributed by atoms with Crippen LogP contribution in [-0.2, 0) is 0 Å². The molecule has 0 saturated carbocycles. The third-order valence-electron chi connectivity index (χ3n) is 3.42. The number of non-ortho nitro benzene ring substituents is 3. The standard InChI is InChI=1S/C14H8N6O6/c21-18(22)10-3-1-8(2-4-10)13-15-14(17-16-13)9-5-11(19(23)24)7-12(6-9)20(25)26/h1-7H,(H,15,16,17). The molecule has 0 fully saturated rings. The highest BCUT2D eigenvalue weighted by Crippen LogP contribution is 2.29. The molecule has 3 rings (SSSR count). The molecule has 0 bridgehead atoms. The summed E-state index contributed by atoms with van der Waals surface area (Å²) < 4.78 is 0. The van der Waals surface area contributed by atoms with E-state index in [-0.39, 0.29) is 22.9 Å². The molecule has 0 aliphatic heterocycles. The summed E-state index contributed by atoms with van der Waals surface area (Å²) in [5.41, 5.74) is -0.431. The van der Waals surface area contributed by atoms with E-state index in [1.165, 1.54) is 24.3 Å². The number of H-pyrrole nitrogens is 1. The summed E-state index contributed by atoms with van der Waals surface area (Å²) in [6.07, 6.45) is 0. The maximum Gasteiger partial charge on any atom is 0.277 e. The molecule has 1 aromatic heterocycles. The van der Waals surface area contributed by atoms with Crippen molar-refractivity contribution in [3.8, 4) is 22.8 Å². The van der Waals surface area contributed by atoms with Crippen LogP contribution in [0.5, 0.6) is 0 Å². The molecule has 0 aliphatic rings. The zero-order valence-corrected chi connectivity index (χ0v) is 12.7. The molecule has 3 aromatic rings. The van der Waals surface area contributed by atoms with E-state index in [9.17, 15) is 30.3 Å². The molecule has 0 unspecified atom stereocenters. The van der Waals surface area contributed by atoms with Crippen molar-refractivity contribution in [3.05, 3.63) is 72.8 Å². The van der Waals surface area contributed by atoms with Gasteiger partial charge in [0.2, 0.25) is 0 Å². The lowest BCUT2D eigenvalue weighted by atomic mass is 10.1. The highest BCUT2D eigenvalue weighted by Gasteiger charge is 2.19. The summed E-state index contributed by atoms with van der Waals surface area (Å²) >= 11 is 0. The Balaban J connectivity index is 2.00. The van der Waals surface area contributed by atoms with Gasteiger partial charge in [-0.2, -0.15) is 5.10 Å². The average molecular weight is 356 g/mol. The summed E-state index contributed by atoms with van der Waals surface area (Å²) in [5.74, 6) is 0.272. The lowest BCUT2D eigenvalue weighted by molar-refractivity contribution is -0.394. The van der Waals surface area contributed by atoms with Gasteiger partial charge < -0.3 is 0 Å². The van der Waals surface area contributed by atoms with Crippen molar-refractivity contribution in [1.29, 1.82) is 0 Å². The summed E-state index contributed by atoms with van der Waals surface area (Å²) in [6, 6.07) is 8.57. The zero-order valence-electron chi connectivity index (χ0n) is 12.7. The second-order valence-corrected chi connectivity index (χ2v) is 5.06. The fraction of sp³-hybridized carbons (Fsp3) is 0. The Morgan fingerprint density at radius 2 is 1.27 bits per heavy atom. The Labute approximate surface area is 143 Å². The second kappa shape index (κ2) is 6.35. The molecule has 2 aromatic carbocycles. The Hall–Kier alpha value is -4.22. The molecule has 12 heteroatoms. The van der Waals surface area contributed by atoms with Crippen molar-refractivity contribution in [2.45, 2.75) is 0 Å². The van der Waals surface area contributed by atoms with Gasteiger partial charge in [-0.05, 0) is 12.1 Å². The van der Waals surface area contributed by atoms with E-state index in [2.05, 4.69) is 15.2 Å². The van der Waals surface area contributed by atoms with E-state index in [0.29, 0.717) is 5.56 Å². The van der Waals surface area contributed by atoms with Crippen LogP contribution < -0.4 is 0 Å². The first kappa shape index (κ1) is 16.6. The number of nitrogens with one attached hydrogen (secondary N) is 1. The van der Waals surface area contributed by atoms with Gasteiger partial charge >= 0.3 is 0 Å². The zero-order chi connectivity index (χ0) is 18.8. The quantitative estimate of drug-likeness (QED) is 0.536. The maximum atomic E-state index is 11.0. The van der Waals surface area contributed by atoms with Gasteiger partial charge in [-0.3, -0.25) is 35.4 Å². The fourth-order valence-corrected chi connectivity index (χ4v) is 2.20. The van der Waals surface area contributed by atoms with E-state index in [4.69, 9.17) is 0 Å². The largest absolute Gasteiger partial charge is 0.277 e. The van der Waals surface area contributed by atoms with E-state index < -0.39 is 26.1 Å². The van der Waals surface area contributed by atoms with E-state index >= 15 is 0 Å². The lowest BCUT2D eigenvalue weighted by Gasteiger charge is -1.98. The van der Waals surface area contributed by atoms with Gasteiger partial charge in [0.25, 0.3) is 17.1 Å². The molecule has 0 aliphatic carbocycles. The van der Waals surface area contributed by atoms with Gasteiger partial charge in [0.05, 0.1) is 20.8 Å². The number of aromatic amines is 1.